The number of benzene rings is 1. The molecule has 1 heterocycles. The predicted octanol–water partition coefficient (Wildman–Crippen LogP) is 3.87. The van der Waals surface area contributed by atoms with E-state index in [1.165, 1.54) is 18.2 Å². The summed E-state index contributed by atoms with van der Waals surface area (Å²) >= 11 is 3.35. The van der Waals surface area contributed by atoms with Gasteiger partial charge in [0.25, 0.3) is 0 Å². The van der Waals surface area contributed by atoms with E-state index in [1.807, 2.05) is 6.07 Å². The molecule has 20 heavy (non-hydrogen) atoms. The number of halogens is 2. The summed E-state index contributed by atoms with van der Waals surface area (Å²) < 4.78 is 13.8. The molecule has 0 bridgehead atoms. The van der Waals surface area contributed by atoms with E-state index < -0.39 is 5.82 Å². The Hall–Kier alpha value is -2.00. The van der Waals surface area contributed by atoms with E-state index in [0.717, 1.165) is 18.7 Å². The first-order chi connectivity index (χ1) is 9.65. The molecule has 1 aromatic heterocycles. The van der Waals surface area contributed by atoms with Gasteiger partial charge in [0.15, 0.2) is 0 Å². The monoisotopic (exact) mass is 332 g/mol. The van der Waals surface area contributed by atoms with Crippen LogP contribution < -0.4 is 5.32 Å². The Morgan fingerprint density at radius 3 is 2.80 bits per heavy atom. The van der Waals surface area contributed by atoms with Crippen LogP contribution in [0.3, 0.4) is 0 Å². The second-order valence-corrected chi connectivity index (χ2v) is 5.45. The Balaban J connectivity index is 1.93. The average molecular weight is 333 g/mol. The van der Waals surface area contributed by atoms with Gasteiger partial charge in [-0.05, 0) is 47.0 Å². The van der Waals surface area contributed by atoms with Crippen molar-refractivity contribution >= 4 is 27.4 Å². The van der Waals surface area contributed by atoms with Crippen LogP contribution in [0.5, 0.6) is 0 Å². The lowest BCUT2D eigenvalue weighted by Crippen LogP contribution is -2.01. The Morgan fingerprint density at radius 2 is 2.10 bits per heavy atom. The molecule has 0 amide bonds. The highest BCUT2D eigenvalue weighted by Gasteiger charge is 2.27. The highest BCUT2D eigenvalue weighted by Crippen LogP contribution is 2.39. The lowest BCUT2D eigenvalue weighted by atomic mass is 10.2. The summed E-state index contributed by atoms with van der Waals surface area (Å²) in [4.78, 5) is 8.77. The van der Waals surface area contributed by atoms with E-state index in [1.54, 1.807) is 6.07 Å². The van der Waals surface area contributed by atoms with Gasteiger partial charge in [0, 0.05) is 12.0 Å². The molecule has 1 aliphatic rings. The summed E-state index contributed by atoms with van der Waals surface area (Å²) in [5.41, 5.74) is 0.772. The van der Waals surface area contributed by atoms with Gasteiger partial charge in [0.05, 0.1) is 11.3 Å². The molecule has 0 unspecified atom stereocenters. The number of hydrogen-bond donors (Lipinski definition) is 1. The number of nitriles is 1. The van der Waals surface area contributed by atoms with Crippen LogP contribution >= 0.6 is 15.9 Å². The van der Waals surface area contributed by atoms with Gasteiger partial charge in [-0.3, -0.25) is 0 Å². The van der Waals surface area contributed by atoms with E-state index in [9.17, 15) is 4.39 Å². The smallest absolute Gasteiger partial charge is 0.135 e. The Bertz CT molecular complexity index is 707. The van der Waals surface area contributed by atoms with Gasteiger partial charge < -0.3 is 5.32 Å². The van der Waals surface area contributed by atoms with Crippen LogP contribution in [-0.2, 0) is 0 Å². The zero-order valence-corrected chi connectivity index (χ0v) is 12.0. The van der Waals surface area contributed by atoms with E-state index in [0.29, 0.717) is 22.0 Å². The summed E-state index contributed by atoms with van der Waals surface area (Å²) in [5, 5.41) is 12.1. The number of hydrogen-bond acceptors (Lipinski definition) is 4. The minimum atomic E-state index is -0.436. The maximum Gasteiger partial charge on any atom is 0.135 e. The van der Waals surface area contributed by atoms with Crippen molar-refractivity contribution in [2.75, 3.05) is 5.32 Å². The van der Waals surface area contributed by atoms with E-state index >= 15 is 0 Å². The summed E-state index contributed by atoms with van der Waals surface area (Å²) in [5.74, 6) is 1.38. The summed E-state index contributed by atoms with van der Waals surface area (Å²) in [7, 11) is 0. The molecular weight excluding hydrogens is 323 g/mol. The van der Waals surface area contributed by atoms with Crippen molar-refractivity contribution in [3.63, 3.8) is 0 Å². The van der Waals surface area contributed by atoms with E-state index in [4.69, 9.17) is 5.26 Å². The number of aromatic nitrogens is 2. The first-order valence-electron chi connectivity index (χ1n) is 6.17. The minimum absolute atomic E-state index is 0.243. The van der Waals surface area contributed by atoms with Gasteiger partial charge in [-0.1, -0.05) is 0 Å². The Morgan fingerprint density at radius 1 is 1.30 bits per heavy atom. The molecule has 6 heteroatoms. The lowest BCUT2D eigenvalue weighted by Gasteiger charge is -2.09. The third-order valence-electron chi connectivity index (χ3n) is 3.02. The van der Waals surface area contributed by atoms with Crippen LogP contribution in [-0.4, -0.2) is 9.97 Å². The molecule has 4 nitrogen and oxygen atoms in total. The van der Waals surface area contributed by atoms with E-state index in [-0.39, 0.29) is 5.56 Å². The fourth-order valence-electron chi connectivity index (χ4n) is 1.88. The molecular formula is C14H10BrFN4. The largest absolute Gasteiger partial charge is 0.339 e. The second kappa shape index (κ2) is 5.17. The van der Waals surface area contributed by atoms with Crippen molar-refractivity contribution in [2.45, 2.75) is 18.8 Å². The maximum absolute atomic E-state index is 13.1. The normalized spacial score (nSPS) is 13.8. The third-order valence-corrected chi connectivity index (χ3v) is 3.43. The molecule has 3 rings (SSSR count). The molecule has 1 saturated carbocycles. The molecule has 1 aromatic carbocycles. The van der Waals surface area contributed by atoms with Gasteiger partial charge in [-0.15, -0.1) is 0 Å². The quantitative estimate of drug-likeness (QED) is 0.866. The molecule has 1 fully saturated rings. The van der Waals surface area contributed by atoms with Gasteiger partial charge >= 0.3 is 0 Å². The first-order valence-corrected chi connectivity index (χ1v) is 6.96. The Labute approximate surface area is 123 Å². The molecule has 1 N–H and O–H groups in total. The van der Waals surface area contributed by atoms with Crippen LogP contribution in [0.2, 0.25) is 0 Å². The zero-order chi connectivity index (χ0) is 14.1. The van der Waals surface area contributed by atoms with Crippen LogP contribution in [0, 0.1) is 17.1 Å². The maximum atomic E-state index is 13.1. The van der Waals surface area contributed by atoms with Crippen molar-refractivity contribution in [1.82, 2.24) is 9.97 Å². The van der Waals surface area contributed by atoms with Crippen LogP contribution in [0.25, 0.3) is 0 Å². The van der Waals surface area contributed by atoms with Crippen molar-refractivity contribution in [1.29, 1.82) is 5.26 Å². The van der Waals surface area contributed by atoms with Crippen LogP contribution in [0.1, 0.15) is 30.1 Å². The fourth-order valence-corrected chi connectivity index (χ4v) is 2.28. The highest BCUT2D eigenvalue weighted by atomic mass is 79.9. The van der Waals surface area contributed by atoms with Gasteiger partial charge in [0.1, 0.15) is 28.1 Å². The SMILES string of the molecule is N#Cc1cc(F)ccc1Nc1cc(Br)nc(C2CC2)n1. The number of nitrogens with zero attached hydrogens (tertiary/aromatic N) is 3. The van der Waals surface area contributed by atoms with Gasteiger partial charge in [-0.25, -0.2) is 14.4 Å². The van der Waals surface area contributed by atoms with Crippen molar-refractivity contribution < 1.29 is 4.39 Å². The lowest BCUT2D eigenvalue weighted by molar-refractivity contribution is 0.627. The Kier molecular flexibility index (Phi) is 3.36. The molecule has 0 radical (unpaired) electrons. The van der Waals surface area contributed by atoms with Crippen molar-refractivity contribution in [2.24, 2.45) is 0 Å². The molecule has 0 spiro atoms. The molecule has 0 atom stereocenters. The van der Waals surface area contributed by atoms with Crippen molar-refractivity contribution in [3.05, 3.63) is 46.1 Å². The average Bonchev–Trinajstić information content (AvgIpc) is 3.24. The summed E-state index contributed by atoms with van der Waals surface area (Å²) in [6.45, 7) is 0. The molecule has 0 aliphatic heterocycles. The van der Waals surface area contributed by atoms with Gasteiger partial charge in [0.2, 0.25) is 0 Å². The van der Waals surface area contributed by atoms with Crippen LogP contribution in [0.15, 0.2) is 28.9 Å². The minimum Gasteiger partial charge on any atom is -0.339 e. The molecule has 100 valence electrons. The number of rotatable bonds is 3. The molecule has 0 saturated heterocycles. The first kappa shape index (κ1) is 13.0. The zero-order valence-electron chi connectivity index (χ0n) is 10.4. The number of nitrogens with one attached hydrogen (secondary N) is 1. The topological polar surface area (TPSA) is 61.6 Å². The molecule has 2 aromatic rings. The van der Waals surface area contributed by atoms with Crippen molar-refractivity contribution in [3.8, 4) is 6.07 Å². The van der Waals surface area contributed by atoms with E-state index in [2.05, 4.69) is 31.2 Å². The van der Waals surface area contributed by atoms with Crippen LogP contribution in [0.4, 0.5) is 15.9 Å². The predicted molar refractivity (Wildman–Crippen MR) is 76.1 cm³/mol. The standard InChI is InChI=1S/C14H10BrFN4/c15-12-6-13(20-14(19-12)8-1-2-8)18-11-4-3-10(16)5-9(11)7-17/h3-6,8H,1-2H2,(H,18,19,20). The second-order valence-electron chi connectivity index (χ2n) is 4.64. The molecule has 1 aliphatic carbocycles. The summed E-state index contributed by atoms with van der Waals surface area (Å²) in [6.07, 6.45) is 2.21. The fraction of sp³-hybridized carbons (Fsp3) is 0.214. The highest BCUT2D eigenvalue weighted by molar-refractivity contribution is 9.10. The number of anilines is 2. The van der Waals surface area contributed by atoms with Gasteiger partial charge in [-0.2, -0.15) is 5.26 Å². The third kappa shape index (κ3) is 2.78. The summed E-state index contributed by atoms with van der Waals surface area (Å²) in [6, 6.07) is 7.73.